The molecule has 2 aromatic rings. The fourth-order valence-electron chi connectivity index (χ4n) is 6.20. The van der Waals surface area contributed by atoms with Crippen molar-refractivity contribution >= 4 is 32.6 Å². The number of aryl methyl sites for hydroxylation is 1. The lowest BCUT2D eigenvalue weighted by Gasteiger charge is -2.60. The first-order valence-electron chi connectivity index (χ1n) is 9.30. The predicted molar refractivity (Wildman–Crippen MR) is 99.7 cm³/mol. The molecule has 4 aliphatic carbocycles. The van der Waals surface area contributed by atoms with Crippen molar-refractivity contribution in [3.05, 3.63) is 23.8 Å². The Morgan fingerprint density at radius 1 is 1.32 bits per heavy atom. The van der Waals surface area contributed by atoms with E-state index >= 15 is 0 Å². The molecule has 1 aromatic carbocycles. The van der Waals surface area contributed by atoms with Crippen LogP contribution in [0.1, 0.15) is 50.5 Å². The summed E-state index contributed by atoms with van der Waals surface area (Å²) >= 11 is 1.54. The molecule has 4 aliphatic rings. The van der Waals surface area contributed by atoms with Crippen molar-refractivity contribution in [1.29, 1.82) is 0 Å². The van der Waals surface area contributed by atoms with E-state index in [2.05, 4.69) is 23.3 Å². The van der Waals surface area contributed by atoms with E-state index in [1.807, 2.05) is 12.1 Å². The van der Waals surface area contributed by atoms with E-state index in [-0.39, 0.29) is 11.3 Å². The van der Waals surface area contributed by atoms with Crippen LogP contribution in [0.5, 0.6) is 0 Å². The van der Waals surface area contributed by atoms with E-state index in [0.29, 0.717) is 23.4 Å². The summed E-state index contributed by atoms with van der Waals surface area (Å²) in [5.74, 6) is 1.29. The van der Waals surface area contributed by atoms with Gasteiger partial charge in [-0.15, -0.1) is 0 Å². The number of hydrogen-bond acceptors (Lipinski definition) is 4. The number of amides is 1. The minimum absolute atomic E-state index is 0.0101. The van der Waals surface area contributed by atoms with Gasteiger partial charge in [0.25, 0.3) is 0 Å². The Balaban J connectivity index is 1.33. The summed E-state index contributed by atoms with van der Waals surface area (Å²) in [6.45, 7) is 2.06. The average Bonchev–Trinajstić information content (AvgIpc) is 2.84. The highest BCUT2D eigenvalue weighted by molar-refractivity contribution is 7.22. The first kappa shape index (κ1) is 15.8. The summed E-state index contributed by atoms with van der Waals surface area (Å²) in [7, 11) is 0. The maximum absolute atomic E-state index is 12.7. The van der Waals surface area contributed by atoms with Gasteiger partial charge in [0.2, 0.25) is 5.91 Å². The van der Waals surface area contributed by atoms with Crippen LogP contribution in [0.2, 0.25) is 0 Å². The third kappa shape index (κ3) is 2.77. The second kappa shape index (κ2) is 5.27. The van der Waals surface area contributed by atoms with Crippen molar-refractivity contribution in [1.82, 2.24) is 4.98 Å². The number of benzene rings is 1. The van der Waals surface area contributed by atoms with Crippen LogP contribution in [0, 0.1) is 24.2 Å². The minimum Gasteiger partial charge on any atom is -0.390 e. The highest BCUT2D eigenvalue weighted by Crippen LogP contribution is 2.62. The van der Waals surface area contributed by atoms with E-state index in [4.69, 9.17) is 0 Å². The smallest absolute Gasteiger partial charge is 0.226 e. The molecule has 1 aromatic heterocycles. The zero-order valence-corrected chi connectivity index (χ0v) is 15.4. The normalized spacial score (nSPS) is 36.1. The SMILES string of the molecule is Cc1ccc2nc(NC(=O)CC34CC5CC(CC(O)(C5)C3)C4)sc2c1. The molecule has 1 amide bonds. The molecular weight excluding hydrogens is 332 g/mol. The standard InChI is InChI=1S/C20H24N2O2S/c1-12-2-3-15-16(4-12)25-18(21-15)22-17(23)10-19-6-13-5-14(7-19)9-20(24,8-13)11-19/h2-4,13-14,24H,5-11H2,1H3,(H,21,22,23). The van der Waals surface area contributed by atoms with Gasteiger partial charge >= 0.3 is 0 Å². The molecule has 0 aliphatic heterocycles. The number of rotatable bonds is 3. The Morgan fingerprint density at radius 2 is 2.08 bits per heavy atom. The van der Waals surface area contributed by atoms with Crippen molar-refractivity contribution in [2.45, 2.75) is 57.5 Å². The van der Waals surface area contributed by atoms with Crippen LogP contribution in [0.25, 0.3) is 10.2 Å². The number of aliphatic hydroxyl groups is 1. The van der Waals surface area contributed by atoms with Gasteiger partial charge in [-0.25, -0.2) is 4.98 Å². The molecule has 4 bridgehead atoms. The van der Waals surface area contributed by atoms with Crippen LogP contribution >= 0.6 is 11.3 Å². The number of fused-ring (bicyclic) bond motifs is 1. The molecule has 6 rings (SSSR count). The molecule has 132 valence electrons. The lowest BCUT2D eigenvalue weighted by atomic mass is 9.47. The summed E-state index contributed by atoms with van der Waals surface area (Å²) in [4.78, 5) is 17.3. The van der Waals surface area contributed by atoms with Gasteiger partial charge in [0.15, 0.2) is 5.13 Å². The number of thiazole rings is 1. The molecule has 4 saturated carbocycles. The lowest BCUT2D eigenvalue weighted by Crippen LogP contribution is -2.56. The first-order chi connectivity index (χ1) is 11.9. The number of nitrogens with zero attached hydrogens (tertiary/aromatic N) is 1. The van der Waals surface area contributed by atoms with Crippen LogP contribution in [-0.2, 0) is 4.79 Å². The highest BCUT2D eigenvalue weighted by Gasteiger charge is 2.57. The van der Waals surface area contributed by atoms with Crippen LogP contribution in [0.4, 0.5) is 5.13 Å². The van der Waals surface area contributed by atoms with Crippen molar-refractivity contribution in [3.8, 4) is 0 Å². The van der Waals surface area contributed by atoms with E-state index in [9.17, 15) is 9.90 Å². The van der Waals surface area contributed by atoms with Crippen molar-refractivity contribution in [2.75, 3.05) is 5.32 Å². The number of anilines is 1. The molecule has 5 heteroatoms. The second-order valence-electron chi connectivity index (χ2n) is 8.90. The molecular formula is C20H24N2O2S. The van der Waals surface area contributed by atoms with Gasteiger partial charge < -0.3 is 10.4 Å². The van der Waals surface area contributed by atoms with Gasteiger partial charge in [0.1, 0.15) is 0 Å². The molecule has 1 heterocycles. The van der Waals surface area contributed by atoms with Gasteiger partial charge in [-0.3, -0.25) is 4.79 Å². The molecule has 0 saturated heterocycles. The Kier molecular flexibility index (Phi) is 3.32. The first-order valence-corrected chi connectivity index (χ1v) is 10.1. The summed E-state index contributed by atoms with van der Waals surface area (Å²) in [5, 5.41) is 14.6. The monoisotopic (exact) mass is 356 g/mol. The fourth-order valence-corrected chi connectivity index (χ4v) is 7.18. The number of hydrogen-bond donors (Lipinski definition) is 2. The van der Waals surface area contributed by atoms with Gasteiger partial charge in [-0.2, -0.15) is 0 Å². The van der Waals surface area contributed by atoms with E-state index < -0.39 is 5.60 Å². The number of carbonyl (C=O) groups excluding carboxylic acids is 1. The maximum Gasteiger partial charge on any atom is 0.226 e. The highest BCUT2D eigenvalue weighted by atomic mass is 32.1. The molecule has 0 spiro atoms. The van der Waals surface area contributed by atoms with Crippen LogP contribution in [-0.4, -0.2) is 21.6 Å². The number of carbonyl (C=O) groups is 1. The lowest BCUT2D eigenvalue weighted by molar-refractivity contribution is -0.167. The van der Waals surface area contributed by atoms with Crippen LogP contribution in [0.3, 0.4) is 0 Å². The quantitative estimate of drug-likeness (QED) is 0.863. The minimum atomic E-state index is -0.502. The Morgan fingerprint density at radius 3 is 2.80 bits per heavy atom. The predicted octanol–water partition coefficient (Wildman–Crippen LogP) is 4.26. The zero-order valence-electron chi connectivity index (χ0n) is 14.5. The second-order valence-corrected chi connectivity index (χ2v) is 9.93. The summed E-state index contributed by atoms with van der Waals surface area (Å²) in [6, 6.07) is 6.16. The molecule has 2 N–H and O–H groups in total. The average molecular weight is 356 g/mol. The van der Waals surface area contributed by atoms with Gasteiger partial charge in [-0.1, -0.05) is 17.4 Å². The zero-order chi connectivity index (χ0) is 17.2. The third-order valence-electron chi connectivity index (χ3n) is 6.48. The summed E-state index contributed by atoms with van der Waals surface area (Å²) in [5.41, 5.74) is 1.65. The summed E-state index contributed by atoms with van der Waals surface area (Å²) < 4.78 is 1.11. The van der Waals surface area contributed by atoms with Gasteiger partial charge in [0, 0.05) is 6.42 Å². The molecule has 25 heavy (non-hydrogen) atoms. The molecule has 4 fully saturated rings. The van der Waals surface area contributed by atoms with E-state index in [0.717, 1.165) is 42.3 Å². The van der Waals surface area contributed by atoms with Gasteiger partial charge in [0.05, 0.1) is 15.8 Å². The fraction of sp³-hybridized carbons (Fsp3) is 0.600. The molecule has 2 unspecified atom stereocenters. The van der Waals surface area contributed by atoms with E-state index in [1.165, 1.54) is 23.3 Å². The Hall–Kier alpha value is -1.46. The maximum atomic E-state index is 12.7. The van der Waals surface area contributed by atoms with Crippen molar-refractivity contribution < 1.29 is 9.90 Å². The van der Waals surface area contributed by atoms with Crippen LogP contribution in [0.15, 0.2) is 18.2 Å². The number of nitrogens with one attached hydrogen (secondary N) is 1. The van der Waals surface area contributed by atoms with Crippen LogP contribution < -0.4 is 5.32 Å². The number of aromatic nitrogens is 1. The Bertz CT molecular complexity index is 844. The Labute approximate surface area is 151 Å². The van der Waals surface area contributed by atoms with Gasteiger partial charge in [-0.05, 0) is 80.4 Å². The molecule has 2 atom stereocenters. The van der Waals surface area contributed by atoms with E-state index in [1.54, 1.807) is 0 Å². The third-order valence-corrected chi connectivity index (χ3v) is 7.41. The molecule has 0 radical (unpaired) electrons. The van der Waals surface area contributed by atoms with Crippen molar-refractivity contribution in [3.63, 3.8) is 0 Å². The van der Waals surface area contributed by atoms with Crippen molar-refractivity contribution in [2.24, 2.45) is 17.3 Å². The largest absolute Gasteiger partial charge is 0.390 e. The summed E-state index contributed by atoms with van der Waals surface area (Å²) in [6.07, 6.45) is 6.70. The topological polar surface area (TPSA) is 62.2 Å². The molecule has 4 nitrogen and oxygen atoms in total.